The summed E-state index contributed by atoms with van der Waals surface area (Å²) in [5.41, 5.74) is 0.816. The standard InChI is InChI=1S/C12H16O2/c1-3-6-10-11(13)7-5-8-12(10)14-9-4-2/h3,5,7-8,13H,1,4,6,9H2,2H3. The smallest absolute Gasteiger partial charge is 0.126 e. The minimum absolute atomic E-state index is 0.276. The van der Waals surface area contributed by atoms with Gasteiger partial charge in [0, 0.05) is 5.56 Å². The van der Waals surface area contributed by atoms with E-state index in [9.17, 15) is 5.11 Å². The summed E-state index contributed by atoms with van der Waals surface area (Å²) in [6.07, 6.45) is 3.35. The zero-order chi connectivity index (χ0) is 10.4. The zero-order valence-electron chi connectivity index (χ0n) is 8.49. The van der Waals surface area contributed by atoms with Gasteiger partial charge in [-0.3, -0.25) is 0 Å². The van der Waals surface area contributed by atoms with Gasteiger partial charge in [-0.1, -0.05) is 19.1 Å². The van der Waals surface area contributed by atoms with Crippen LogP contribution in [0.25, 0.3) is 0 Å². The van der Waals surface area contributed by atoms with Crippen molar-refractivity contribution in [2.45, 2.75) is 19.8 Å². The van der Waals surface area contributed by atoms with E-state index in [1.54, 1.807) is 18.2 Å². The van der Waals surface area contributed by atoms with Gasteiger partial charge in [-0.25, -0.2) is 0 Å². The van der Waals surface area contributed by atoms with Crippen molar-refractivity contribution >= 4 is 0 Å². The third kappa shape index (κ3) is 2.52. The Kier molecular flexibility index (Phi) is 4.05. The molecule has 0 fully saturated rings. The molecular formula is C12H16O2. The third-order valence-electron chi connectivity index (χ3n) is 1.92. The molecule has 2 heteroatoms. The second-order valence-electron chi connectivity index (χ2n) is 3.10. The summed E-state index contributed by atoms with van der Waals surface area (Å²) < 4.78 is 5.51. The zero-order valence-corrected chi connectivity index (χ0v) is 8.49. The quantitative estimate of drug-likeness (QED) is 0.727. The minimum Gasteiger partial charge on any atom is -0.508 e. The molecule has 1 aromatic rings. The van der Waals surface area contributed by atoms with Crippen LogP contribution in [0.3, 0.4) is 0 Å². The lowest BCUT2D eigenvalue weighted by Crippen LogP contribution is -1.98. The van der Waals surface area contributed by atoms with Crippen molar-refractivity contribution in [3.05, 3.63) is 36.4 Å². The average molecular weight is 192 g/mol. The number of hydrogen-bond donors (Lipinski definition) is 1. The maximum Gasteiger partial charge on any atom is 0.126 e. The molecule has 0 spiro atoms. The molecule has 0 saturated heterocycles. The Morgan fingerprint density at radius 2 is 2.29 bits per heavy atom. The Bertz CT molecular complexity index is 305. The molecule has 1 rings (SSSR count). The Morgan fingerprint density at radius 3 is 2.93 bits per heavy atom. The summed E-state index contributed by atoms with van der Waals surface area (Å²) in [6.45, 7) is 6.38. The predicted octanol–water partition coefficient (Wildman–Crippen LogP) is 2.91. The minimum atomic E-state index is 0.276. The van der Waals surface area contributed by atoms with Crippen LogP contribution in [0.1, 0.15) is 18.9 Å². The number of ether oxygens (including phenoxy) is 1. The fourth-order valence-electron chi connectivity index (χ4n) is 1.25. The van der Waals surface area contributed by atoms with Crippen LogP contribution in [-0.2, 0) is 6.42 Å². The van der Waals surface area contributed by atoms with E-state index in [1.807, 2.05) is 6.07 Å². The highest BCUT2D eigenvalue weighted by Gasteiger charge is 2.06. The van der Waals surface area contributed by atoms with Gasteiger partial charge in [0.2, 0.25) is 0 Å². The van der Waals surface area contributed by atoms with Crippen molar-refractivity contribution in [2.24, 2.45) is 0 Å². The molecule has 0 amide bonds. The van der Waals surface area contributed by atoms with E-state index >= 15 is 0 Å². The number of allylic oxidation sites excluding steroid dienone is 1. The van der Waals surface area contributed by atoms with Crippen molar-refractivity contribution in [3.8, 4) is 11.5 Å². The average Bonchev–Trinajstić information content (AvgIpc) is 2.19. The SMILES string of the molecule is C=CCc1c(O)cccc1OCCC. The largest absolute Gasteiger partial charge is 0.508 e. The fourth-order valence-corrected chi connectivity index (χ4v) is 1.25. The first-order valence-corrected chi connectivity index (χ1v) is 4.84. The number of rotatable bonds is 5. The Hall–Kier alpha value is -1.44. The van der Waals surface area contributed by atoms with Crippen molar-refractivity contribution in [1.29, 1.82) is 0 Å². The lowest BCUT2D eigenvalue weighted by Gasteiger charge is -2.10. The van der Waals surface area contributed by atoms with Gasteiger partial charge in [0.15, 0.2) is 0 Å². The highest BCUT2D eigenvalue weighted by molar-refractivity contribution is 5.44. The normalized spacial score (nSPS) is 9.79. The molecule has 0 atom stereocenters. The molecule has 1 N–H and O–H groups in total. The van der Waals surface area contributed by atoms with Crippen molar-refractivity contribution in [2.75, 3.05) is 6.61 Å². The number of aromatic hydroxyl groups is 1. The molecular weight excluding hydrogens is 176 g/mol. The summed E-state index contributed by atoms with van der Waals surface area (Å²) in [7, 11) is 0. The van der Waals surface area contributed by atoms with Gasteiger partial charge >= 0.3 is 0 Å². The molecule has 0 saturated carbocycles. The molecule has 0 aliphatic carbocycles. The van der Waals surface area contributed by atoms with Crippen LogP contribution in [0, 0.1) is 0 Å². The molecule has 0 aliphatic rings. The van der Waals surface area contributed by atoms with Gasteiger partial charge in [-0.2, -0.15) is 0 Å². The molecule has 0 radical (unpaired) electrons. The second kappa shape index (κ2) is 5.32. The first-order valence-electron chi connectivity index (χ1n) is 4.84. The van der Waals surface area contributed by atoms with Gasteiger partial charge in [0.1, 0.15) is 11.5 Å². The lowest BCUT2D eigenvalue weighted by molar-refractivity contribution is 0.312. The van der Waals surface area contributed by atoms with Crippen LogP contribution in [-0.4, -0.2) is 11.7 Å². The summed E-state index contributed by atoms with van der Waals surface area (Å²) in [6, 6.07) is 5.32. The molecule has 1 aromatic carbocycles. The van der Waals surface area contributed by atoms with Crippen molar-refractivity contribution in [1.82, 2.24) is 0 Å². The molecule has 0 aliphatic heterocycles. The Labute approximate surface area is 84.8 Å². The van der Waals surface area contributed by atoms with Crippen LogP contribution >= 0.6 is 0 Å². The Morgan fingerprint density at radius 1 is 1.50 bits per heavy atom. The second-order valence-corrected chi connectivity index (χ2v) is 3.10. The van der Waals surface area contributed by atoms with Gasteiger partial charge < -0.3 is 9.84 Å². The van der Waals surface area contributed by atoms with E-state index < -0.39 is 0 Å². The van der Waals surface area contributed by atoms with E-state index in [2.05, 4.69) is 13.5 Å². The molecule has 0 unspecified atom stereocenters. The number of phenolic OH excluding ortho intramolecular Hbond substituents is 1. The van der Waals surface area contributed by atoms with E-state index in [0.29, 0.717) is 13.0 Å². The predicted molar refractivity (Wildman–Crippen MR) is 57.8 cm³/mol. The number of phenols is 1. The van der Waals surface area contributed by atoms with Crippen LogP contribution in [0.15, 0.2) is 30.9 Å². The molecule has 76 valence electrons. The first-order chi connectivity index (χ1) is 6.79. The molecule has 0 heterocycles. The first kappa shape index (κ1) is 10.6. The summed E-state index contributed by atoms with van der Waals surface area (Å²) >= 11 is 0. The van der Waals surface area contributed by atoms with Crippen LogP contribution in [0.5, 0.6) is 11.5 Å². The lowest BCUT2D eigenvalue weighted by atomic mass is 10.1. The summed E-state index contributed by atoms with van der Waals surface area (Å²) in [4.78, 5) is 0. The third-order valence-corrected chi connectivity index (χ3v) is 1.92. The van der Waals surface area contributed by atoms with Gasteiger partial charge in [-0.15, -0.1) is 6.58 Å². The van der Waals surface area contributed by atoms with Crippen molar-refractivity contribution in [3.63, 3.8) is 0 Å². The maximum atomic E-state index is 9.59. The van der Waals surface area contributed by atoms with Crippen LogP contribution < -0.4 is 4.74 Å². The van der Waals surface area contributed by atoms with Crippen LogP contribution in [0.4, 0.5) is 0 Å². The van der Waals surface area contributed by atoms with Crippen LogP contribution in [0.2, 0.25) is 0 Å². The molecule has 2 nitrogen and oxygen atoms in total. The van der Waals surface area contributed by atoms with E-state index in [-0.39, 0.29) is 5.75 Å². The molecule has 0 aromatic heterocycles. The number of benzene rings is 1. The monoisotopic (exact) mass is 192 g/mol. The van der Waals surface area contributed by atoms with E-state index in [0.717, 1.165) is 17.7 Å². The van der Waals surface area contributed by atoms with E-state index in [1.165, 1.54) is 0 Å². The number of hydrogen-bond acceptors (Lipinski definition) is 2. The van der Waals surface area contributed by atoms with Gasteiger partial charge in [-0.05, 0) is 25.0 Å². The van der Waals surface area contributed by atoms with Crippen molar-refractivity contribution < 1.29 is 9.84 Å². The molecule has 14 heavy (non-hydrogen) atoms. The highest BCUT2D eigenvalue weighted by Crippen LogP contribution is 2.28. The topological polar surface area (TPSA) is 29.5 Å². The summed E-state index contributed by atoms with van der Waals surface area (Å²) in [5, 5.41) is 9.59. The Balaban J connectivity index is 2.89. The van der Waals surface area contributed by atoms with Gasteiger partial charge in [0.05, 0.1) is 6.61 Å². The van der Waals surface area contributed by atoms with E-state index in [4.69, 9.17) is 4.74 Å². The molecule has 0 bridgehead atoms. The summed E-state index contributed by atoms with van der Waals surface area (Å²) in [5.74, 6) is 1.03. The van der Waals surface area contributed by atoms with Gasteiger partial charge in [0.25, 0.3) is 0 Å². The maximum absolute atomic E-state index is 9.59. The highest BCUT2D eigenvalue weighted by atomic mass is 16.5. The fraction of sp³-hybridized carbons (Fsp3) is 0.333.